The zero-order valence-electron chi connectivity index (χ0n) is 20.0. The van der Waals surface area contributed by atoms with E-state index in [9.17, 15) is 24.0 Å². The van der Waals surface area contributed by atoms with Crippen LogP contribution in [0.2, 0.25) is 0 Å². The molecule has 11 nitrogen and oxygen atoms in total. The highest BCUT2D eigenvalue weighted by Gasteiger charge is 2.60. The molecule has 4 saturated heterocycles. The van der Waals surface area contributed by atoms with Crippen molar-refractivity contribution >= 4 is 29.6 Å². The van der Waals surface area contributed by atoms with Crippen LogP contribution in [0.1, 0.15) is 12.8 Å². The molecule has 6 aliphatic rings. The Balaban J connectivity index is 1.09. The molecule has 6 aliphatic heterocycles. The Bertz CT molecular complexity index is 1040. The first-order chi connectivity index (χ1) is 17.4. The largest absolute Gasteiger partial charge is 0.469 e. The highest BCUT2D eigenvalue weighted by atomic mass is 16.5. The van der Waals surface area contributed by atoms with Gasteiger partial charge in [-0.05, 0) is 0 Å². The van der Waals surface area contributed by atoms with Crippen molar-refractivity contribution in [1.82, 2.24) is 14.7 Å². The van der Waals surface area contributed by atoms with E-state index in [0.717, 1.165) is 0 Å². The van der Waals surface area contributed by atoms with Crippen LogP contribution in [0.15, 0.2) is 24.3 Å². The molecule has 8 unspecified atom stereocenters. The summed E-state index contributed by atoms with van der Waals surface area (Å²) in [4.78, 5) is 68.0. The lowest BCUT2D eigenvalue weighted by molar-refractivity contribution is -0.144. The third-order valence-corrected chi connectivity index (χ3v) is 8.43. The van der Waals surface area contributed by atoms with Crippen molar-refractivity contribution in [2.24, 2.45) is 23.7 Å². The van der Waals surface area contributed by atoms with E-state index in [-0.39, 0.29) is 92.4 Å². The van der Waals surface area contributed by atoms with Gasteiger partial charge in [-0.1, -0.05) is 24.3 Å². The quantitative estimate of drug-likeness (QED) is 0.228. The van der Waals surface area contributed by atoms with Crippen molar-refractivity contribution in [1.29, 1.82) is 0 Å². The van der Waals surface area contributed by atoms with Gasteiger partial charge in [0.25, 0.3) is 0 Å². The van der Waals surface area contributed by atoms with Crippen LogP contribution in [0.5, 0.6) is 0 Å². The predicted octanol–water partition coefficient (Wildman–Crippen LogP) is -0.882. The molecular weight excluding hydrogens is 470 g/mol. The van der Waals surface area contributed by atoms with Crippen molar-refractivity contribution in [3.05, 3.63) is 24.3 Å². The molecule has 0 saturated carbocycles. The number of amides is 4. The summed E-state index contributed by atoms with van der Waals surface area (Å²) < 4.78 is 16.1. The first kappa shape index (κ1) is 23.4. The monoisotopic (exact) mass is 499 g/mol. The third-order valence-electron chi connectivity index (χ3n) is 8.43. The zero-order valence-corrected chi connectivity index (χ0v) is 20.0. The minimum atomic E-state index is -0.496. The van der Waals surface area contributed by atoms with Crippen molar-refractivity contribution in [2.75, 3.05) is 39.8 Å². The fourth-order valence-electron chi connectivity index (χ4n) is 6.56. The van der Waals surface area contributed by atoms with Crippen LogP contribution < -0.4 is 0 Å². The van der Waals surface area contributed by atoms with Crippen molar-refractivity contribution < 1.29 is 38.2 Å². The Labute approximate surface area is 208 Å². The van der Waals surface area contributed by atoms with E-state index in [0.29, 0.717) is 13.1 Å². The molecule has 0 aromatic rings. The van der Waals surface area contributed by atoms with Gasteiger partial charge in [0.1, 0.15) is 0 Å². The zero-order chi connectivity index (χ0) is 25.1. The number of rotatable bonds is 9. The second-order valence-electron chi connectivity index (χ2n) is 10.2. The second-order valence-corrected chi connectivity index (χ2v) is 10.2. The average Bonchev–Trinajstić information content (AvgIpc) is 3.71. The first-order valence-corrected chi connectivity index (χ1v) is 12.5. The SMILES string of the molecule is COC(=O)CCC(=O)N(CCN1CC2C3C=CC(O3)C2C1=O)CCN1C(=O)C2C3C=CC(O3)C2C1=O. The molecule has 36 heavy (non-hydrogen) atoms. The van der Waals surface area contributed by atoms with Gasteiger partial charge in [-0.25, -0.2) is 0 Å². The van der Waals surface area contributed by atoms with Gasteiger partial charge in [-0.3, -0.25) is 28.9 Å². The fourth-order valence-corrected chi connectivity index (χ4v) is 6.56. The van der Waals surface area contributed by atoms with Gasteiger partial charge in [0.15, 0.2) is 0 Å². The Morgan fingerprint density at radius 2 is 1.44 bits per heavy atom. The van der Waals surface area contributed by atoms with Gasteiger partial charge >= 0.3 is 5.97 Å². The molecule has 0 aromatic carbocycles. The second kappa shape index (κ2) is 8.81. The molecule has 0 aliphatic carbocycles. The van der Waals surface area contributed by atoms with E-state index in [4.69, 9.17) is 9.47 Å². The molecule has 6 rings (SSSR count). The van der Waals surface area contributed by atoms with Gasteiger partial charge in [0.05, 0.1) is 55.7 Å². The lowest BCUT2D eigenvalue weighted by Crippen LogP contribution is -2.45. The maximum atomic E-state index is 13.0. The van der Waals surface area contributed by atoms with Gasteiger partial charge < -0.3 is 24.0 Å². The molecule has 11 heteroatoms. The van der Waals surface area contributed by atoms with Gasteiger partial charge in [-0.2, -0.15) is 0 Å². The first-order valence-electron chi connectivity index (χ1n) is 12.5. The van der Waals surface area contributed by atoms with E-state index < -0.39 is 17.8 Å². The fraction of sp³-hybridized carbons (Fsp3) is 0.640. The van der Waals surface area contributed by atoms with Crippen LogP contribution >= 0.6 is 0 Å². The number of imide groups is 1. The summed E-state index contributed by atoms with van der Waals surface area (Å²) >= 11 is 0. The topological polar surface area (TPSA) is 123 Å². The van der Waals surface area contributed by atoms with Gasteiger partial charge in [-0.15, -0.1) is 0 Å². The lowest BCUT2D eigenvalue weighted by Gasteiger charge is -2.28. The summed E-state index contributed by atoms with van der Waals surface area (Å²) in [5.41, 5.74) is 0. The minimum absolute atomic E-state index is 0.0273. The van der Waals surface area contributed by atoms with Crippen molar-refractivity contribution in [3.8, 4) is 0 Å². The number of likely N-dealkylation sites (tertiary alicyclic amines) is 2. The number of esters is 1. The molecular formula is C25H29N3O8. The van der Waals surface area contributed by atoms with E-state index in [2.05, 4.69) is 4.74 Å². The maximum absolute atomic E-state index is 13.0. The number of carbonyl (C=O) groups is 5. The number of methoxy groups -OCH3 is 1. The van der Waals surface area contributed by atoms with E-state index in [1.54, 1.807) is 4.90 Å². The van der Waals surface area contributed by atoms with E-state index in [1.807, 2.05) is 24.3 Å². The summed E-state index contributed by atoms with van der Waals surface area (Å²) in [6.45, 7) is 1.35. The highest BCUT2D eigenvalue weighted by Crippen LogP contribution is 2.45. The van der Waals surface area contributed by atoms with Gasteiger partial charge in [0.2, 0.25) is 23.6 Å². The Hall–Kier alpha value is -3.05. The van der Waals surface area contributed by atoms with E-state index >= 15 is 0 Å². The molecule has 4 fully saturated rings. The standard InChI is InChI=1S/C25H29N3O8/c1-34-19(30)7-6-18(29)26(8-9-27-12-13-14-2-3-15(35-14)20(13)23(27)31)10-11-28-24(32)21-16-4-5-17(36-16)22(21)25(28)33/h2-5,13-17,20-22H,6-12H2,1H3. The molecule has 0 aromatic heterocycles. The molecule has 6 heterocycles. The summed E-state index contributed by atoms with van der Waals surface area (Å²) in [7, 11) is 1.26. The normalized spacial score (nSPS) is 36.9. The minimum Gasteiger partial charge on any atom is -0.469 e. The van der Waals surface area contributed by atoms with E-state index in [1.165, 1.54) is 16.9 Å². The Kier molecular flexibility index (Phi) is 5.71. The van der Waals surface area contributed by atoms with Crippen LogP contribution in [0.4, 0.5) is 0 Å². The smallest absolute Gasteiger partial charge is 0.306 e. The number of nitrogens with zero attached hydrogens (tertiary/aromatic N) is 3. The van der Waals surface area contributed by atoms with Gasteiger partial charge in [0, 0.05) is 45.1 Å². The third kappa shape index (κ3) is 3.59. The predicted molar refractivity (Wildman–Crippen MR) is 121 cm³/mol. The molecule has 0 N–H and O–H groups in total. The molecule has 4 bridgehead atoms. The number of ether oxygens (including phenoxy) is 3. The number of carbonyl (C=O) groups excluding carboxylic acids is 5. The molecule has 0 spiro atoms. The highest BCUT2D eigenvalue weighted by molar-refractivity contribution is 6.06. The van der Waals surface area contributed by atoms with Crippen LogP contribution in [0.3, 0.4) is 0 Å². The number of hydrogen-bond donors (Lipinski definition) is 0. The molecule has 8 atom stereocenters. The summed E-state index contributed by atoms with van der Waals surface area (Å²) in [6, 6.07) is 0. The van der Waals surface area contributed by atoms with Crippen LogP contribution in [-0.2, 0) is 38.2 Å². The van der Waals surface area contributed by atoms with Crippen LogP contribution in [0, 0.1) is 23.7 Å². The Morgan fingerprint density at radius 1 is 0.861 bits per heavy atom. The molecule has 4 amide bonds. The summed E-state index contributed by atoms with van der Waals surface area (Å²) in [5.74, 6) is -2.33. The lowest BCUT2D eigenvalue weighted by atomic mass is 9.85. The number of fused-ring (bicyclic) bond motifs is 10. The van der Waals surface area contributed by atoms with Crippen LogP contribution in [0.25, 0.3) is 0 Å². The molecule has 0 radical (unpaired) electrons. The Morgan fingerprint density at radius 3 is 2.08 bits per heavy atom. The molecule has 192 valence electrons. The van der Waals surface area contributed by atoms with Crippen LogP contribution in [-0.4, -0.2) is 109 Å². The summed E-state index contributed by atoms with van der Waals surface area (Å²) in [5, 5.41) is 0. The van der Waals surface area contributed by atoms with Crippen molar-refractivity contribution in [2.45, 2.75) is 37.3 Å². The number of hydrogen-bond acceptors (Lipinski definition) is 8. The van der Waals surface area contributed by atoms with Crippen molar-refractivity contribution in [3.63, 3.8) is 0 Å². The average molecular weight is 500 g/mol. The summed E-state index contributed by atoms with van der Waals surface area (Å²) in [6.07, 6.45) is 6.56. The maximum Gasteiger partial charge on any atom is 0.306 e.